The maximum Gasteiger partial charge on any atom is 0.115 e. The lowest BCUT2D eigenvalue weighted by Gasteiger charge is -2.33. The maximum absolute atomic E-state index is 10.8. The largest absolute Gasteiger partial charge is 0.508 e. The third-order valence-corrected chi connectivity index (χ3v) is 5.27. The van der Waals surface area contributed by atoms with E-state index in [4.69, 9.17) is 0 Å². The lowest BCUT2D eigenvalue weighted by molar-refractivity contribution is 0.0480. The topological polar surface area (TPSA) is 63.9 Å². The van der Waals surface area contributed by atoms with Crippen molar-refractivity contribution in [2.75, 3.05) is 13.1 Å². The van der Waals surface area contributed by atoms with Crippen molar-refractivity contribution in [2.24, 2.45) is 0 Å². The SMILES string of the molecule is CC(Cc1ccc(O)cc1)N(CC(O)c1ccccc1)CC(O)c1ccccc1. The summed E-state index contributed by atoms with van der Waals surface area (Å²) in [5, 5.41) is 31.1. The molecule has 0 aromatic heterocycles. The number of benzene rings is 3. The van der Waals surface area contributed by atoms with Crippen molar-refractivity contribution in [1.82, 2.24) is 4.90 Å². The number of phenols is 1. The fourth-order valence-electron chi connectivity index (χ4n) is 3.54. The Hall–Kier alpha value is -2.66. The highest BCUT2D eigenvalue weighted by atomic mass is 16.3. The molecule has 0 aliphatic heterocycles. The average Bonchev–Trinajstić information content (AvgIpc) is 2.76. The van der Waals surface area contributed by atoms with Gasteiger partial charge in [0.2, 0.25) is 0 Å². The number of rotatable bonds is 9. The van der Waals surface area contributed by atoms with Gasteiger partial charge in [-0.1, -0.05) is 72.8 Å². The van der Waals surface area contributed by atoms with Gasteiger partial charge in [0, 0.05) is 19.1 Å². The second kappa shape index (κ2) is 10.2. The summed E-state index contributed by atoms with van der Waals surface area (Å²) in [5.74, 6) is 0.247. The molecule has 4 nitrogen and oxygen atoms in total. The fraction of sp³-hybridized carbons (Fsp3) is 0.280. The van der Waals surface area contributed by atoms with Gasteiger partial charge in [-0.2, -0.15) is 0 Å². The zero-order valence-corrected chi connectivity index (χ0v) is 16.7. The summed E-state index contributed by atoms with van der Waals surface area (Å²) in [6, 6.07) is 26.5. The number of aliphatic hydroxyl groups excluding tert-OH is 2. The molecule has 0 bridgehead atoms. The molecule has 3 aromatic rings. The van der Waals surface area contributed by atoms with Crippen molar-refractivity contribution in [2.45, 2.75) is 31.6 Å². The Morgan fingerprint density at radius 2 is 1.14 bits per heavy atom. The smallest absolute Gasteiger partial charge is 0.115 e. The number of hydrogen-bond acceptors (Lipinski definition) is 4. The van der Waals surface area contributed by atoms with E-state index in [9.17, 15) is 15.3 Å². The zero-order valence-electron chi connectivity index (χ0n) is 16.7. The van der Waals surface area contributed by atoms with Crippen molar-refractivity contribution in [3.63, 3.8) is 0 Å². The lowest BCUT2D eigenvalue weighted by atomic mass is 10.0. The standard InChI is InChI=1S/C25H29NO3/c1-19(16-20-12-14-23(27)15-13-20)26(17-24(28)21-8-4-2-5-9-21)18-25(29)22-10-6-3-7-11-22/h2-15,19,24-25,27-29H,16-18H2,1H3. The monoisotopic (exact) mass is 391 g/mol. The molecule has 29 heavy (non-hydrogen) atoms. The van der Waals surface area contributed by atoms with E-state index >= 15 is 0 Å². The Bertz CT molecular complexity index is 805. The van der Waals surface area contributed by atoms with Crippen LogP contribution >= 0.6 is 0 Å². The minimum atomic E-state index is -0.638. The van der Waals surface area contributed by atoms with Gasteiger partial charge in [0.05, 0.1) is 12.2 Å². The fourth-order valence-corrected chi connectivity index (χ4v) is 3.54. The Morgan fingerprint density at radius 1 is 0.690 bits per heavy atom. The maximum atomic E-state index is 10.8. The molecule has 3 rings (SSSR count). The number of aliphatic hydroxyl groups is 2. The second-order valence-electron chi connectivity index (χ2n) is 7.53. The Morgan fingerprint density at radius 3 is 1.59 bits per heavy atom. The summed E-state index contributed by atoms with van der Waals surface area (Å²) in [4.78, 5) is 2.13. The van der Waals surface area contributed by atoms with E-state index in [0.717, 1.165) is 23.1 Å². The van der Waals surface area contributed by atoms with E-state index in [0.29, 0.717) is 13.1 Å². The van der Waals surface area contributed by atoms with Crippen molar-refractivity contribution in [1.29, 1.82) is 0 Å². The van der Waals surface area contributed by atoms with E-state index in [1.165, 1.54) is 0 Å². The van der Waals surface area contributed by atoms with Gasteiger partial charge in [-0.25, -0.2) is 0 Å². The summed E-state index contributed by atoms with van der Waals surface area (Å²) in [6.45, 7) is 2.95. The first-order valence-corrected chi connectivity index (χ1v) is 10.0. The highest BCUT2D eigenvalue weighted by Crippen LogP contribution is 2.22. The van der Waals surface area contributed by atoms with Gasteiger partial charge in [-0.3, -0.25) is 4.90 Å². The molecule has 0 aliphatic carbocycles. The van der Waals surface area contributed by atoms with Gasteiger partial charge in [-0.15, -0.1) is 0 Å². The van der Waals surface area contributed by atoms with Gasteiger partial charge in [0.15, 0.2) is 0 Å². The van der Waals surface area contributed by atoms with Crippen LogP contribution in [0.4, 0.5) is 0 Å². The molecule has 3 aromatic carbocycles. The summed E-state index contributed by atoms with van der Waals surface area (Å²) in [5.41, 5.74) is 2.83. The predicted molar refractivity (Wildman–Crippen MR) is 116 cm³/mol. The van der Waals surface area contributed by atoms with E-state index in [-0.39, 0.29) is 11.8 Å². The quantitative estimate of drug-likeness (QED) is 0.514. The molecule has 0 aliphatic rings. The lowest BCUT2D eigenvalue weighted by Crippen LogP contribution is -2.40. The first-order valence-electron chi connectivity index (χ1n) is 10.0. The van der Waals surface area contributed by atoms with Crippen molar-refractivity contribution < 1.29 is 15.3 Å². The first-order chi connectivity index (χ1) is 14.0. The minimum Gasteiger partial charge on any atom is -0.508 e. The van der Waals surface area contributed by atoms with E-state index in [2.05, 4.69) is 11.8 Å². The van der Waals surface area contributed by atoms with Gasteiger partial charge in [-0.05, 0) is 42.2 Å². The van der Waals surface area contributed by atoms with Crippen LogP contribution in [0.1, 0.15) is 35.8 Å². The zero-order chi connectivity index (χ0) is 20.6. The molecule has 152 valence electrons. The summed E-state index contributed by atoms with van der Waals surface area (Å²) >= 11 is 0. The Kier molecular flexibility index (Phi) is 7.42. The number of aromatic hydroxyl groups is 1. The van der Waals surface area contributed by atoms with E-state index < -0.39 is 12.2 Å². The molecule has 0 amide bonds. The number of nitrogens with zero attached hydrogens (tertiary/aromatic N) is 1. The summed E-state index contributed by atoms with van der Waals surface area (Å²) in [6.07, 6.45) is -0.522. The molecule has 3 unspecified atom stereocenters. The number of hydrogen-bond donors (Lipinski definition) is 3. The molecule has 0 radical (unpaired) electrons. The van der Waals surface area contributed by atoms with Crippen LogP contribution in [0.5, 0.6) is 5.75 Å². The van der Waals surface area contributed by atoms with Crippen molar-refractivity contribution >= 4 is 0 Å². The first kappa shape index (κ1) is 21.1. The minimum absolute atomic E-state index is 0.0938. The number of phenolic OH excluding ortho intramolecular Hbond substituents is 1. The molecule has 3 atom stereocenters. The van der Waals surface area contributed by atoms with Crippen LogP contribution in [0.15, 0.2) is 84.9 Å². The van der Waals surface area contributed by atoms with Crippen LogP contribution < -0.4 is 0 Å². The highest BCUT2D eigenvalue weighted by Gasteiger charge is 2.22. The second-order valence-corrected chi connectivity index (χ2v) is 7.53. The van der Waals surface area contributed by atoms with Crippen molar-refractivity contribution in [3.05, 3.63) is 102 Å². The van der Waals surface area contributed by atoms with E-state index in [1.54, 1.807) is 12.1 Å². The molecular formula is C25H29NO3. The molecule has 4 heteroatoms. The molecule has 0 spiro atoms. The van der Waals surface area contributed by atoms with Crippen LogP contribution in [0.2, 0.25) is 0 Å². The molecule has 3 N–H and O–H groups in total. The molecule has 0 saturated heterocycles. The van der Waals surface area contributed by atoms with Crippen LogP contribution in [-0.2, 0) is 6.42 Å². The molecular weight excluding hydrogens is 362 g/mol. The van der Waals surface area contributed by atoms with E-state index in [1.807, 2.05) is 72.8 Å². The highest BCUT2D eigenvalue weighted by molar-refractivity contribution is 5.26. The Balaban J connectivity index is 1.75. The normalized spacial score (nSPS) is 14.5. The van der Waals surface area contributed by atoms with Crippen LogP contribution in [0, 0.1) is 0 Å². The third kappa shape index (κ3) is 6.16. The van der Waals surface area contributed by atoms with Gasteiger partial charge in [0.25, 0.3) is 0 Å². The molecule has 0 fully saturated rings. The predicted octanol–water partition coefficient (Wildman–Crippen LogP) is 4.09. The van der Waals surface area contributed by atoms with Crippen molar-refractivity contribution in [3.8, 4) is 5.75 Å². The van der Waals surface area contributed by atoms with Gasteiger partial charge in [0.1, 0.15) is 5.75 Å². The van der Waals surface area contributed by atoms with Gasteiger partial charge >= 0.3 is 0 Å². The van der Waals surface area contributed by atoms with Crippen LogP contribution in [0.3, 0.4) is 0 Å². The Labute approximate surface area is 172 Å². The van der Waals surface area contributed by atoms with Crippen LogP contribution in [0.25, 0.3) is 0 Å². The summed E-state index contributed by atoms with van der Waals surface area (Å²) in [7, 11) is 0. The summed E-state index contributed by atoms with van der Waals surface area (Å²) < 4.78 is 0. The van der Waals surface area contributed by atoms with Gasteiger partial charge < -0.3 is 15.3 Å². The average molecular weight is 392 g/mol. The van der Waals surface area contributed by atoms with Crippen LogP contribution in [-0.4, -0.2) is 39.4 Å². The third-order valence-electron chi connectivity index (χ3n) is 5.27. The molecule has 0 saturated carbocycles. The molecule has 0 heterocycles.